The van der Waals surface area contributed by atoms with Crippen LogP contribution in [0.2, 0.25) is 0 Å². The third-order valence-electron chi connectivity index (χ3n) is 6.44. The lowest BCUT2D eigenvalue weighted by molar-refractivity contribution is -0.116. The highest BCUT2D eigenvalue weighted by Crippen LogP contribution is 2.27. The van der Waals surface area contributed by atoms with Crippen LogP contribution in [-0.2, 0) is 14.8 Å². The summed E-state index contributed by atoms with van der Waals surface area (Å²) >= 11 is 0. The van der Waals surface area contributed by atoms with Gasteiger partial charge >= 0.3 is 0 Å². The van der Waals surface area contributed by atoms with Gasteiger partial charge in [-0.2, -0.15) is 0 Å². The third kappa shape index (κ3) is 7.01. The number of hydrogen-bond acceptors (Lipinski definition) is 4. The Morgan fingerprint density at radius 1 is 0.971 bits per heavy atom. The van der Waals surface area contributed by atoms with Crippen molar-refractivity contribution in [1.29, 1.82) is 0 Å². The number of rotatable bonds is 9. The summed E-state index contributed by atoms with van der Waals surface area (Å²) in [6.45, 7) is 4.70. The number of carbonyl (C=O) groups excluding carboxylic acids is 1. The van der Waals surface area contributed by atoms with E-state index in [1.165, 1.54) is 0 Å². The number of nitrogens with one attached hydrogen (secondary N) is 2. The van der Waals surface area contributed by atoms with Crippen molar-refractivity contribution in [2.75, 3.05) is 31.5 Å². The number of aryl methyl sites for hydroxylation is 1. The molecule has 0 radical (unpaired) electrons. The van der Waals surface area contributed by atoms with Crippen LogP contribution in [0.5, 0.6) is 0 Å². The summed E-state index contributed by atoms with van der Waals surface area (Å²) in [5.74, 6) is 0.210. The van der Waals surface area contributed by atoms with Gasteiger partial charge in [-0.15, -0.1) is 0 Å². The molecule has 0 aliphatic carbocycles. The molecule has 7 heteroatoms. The molecule has 4 rings (SSSR count). The minimum Gasteiger partial charge on any atom is -0.325 e. The molecular weight excluding hydrogens is 458 g/mol. The van der Waals surface area contributed by atoms with Crippen molar-refractivity contribution in [1.82, 2.24) is 9.62 Å². The Labute approximate surface area is 208 Å². The lowest BCUT2D eigenvalue weighted by atomic mass is 9.98. The summed E-state index contributed by atoms with van der Waals surface area (Å²) in [6, 6.07) is 24.7. The minimum absolute atomic E-state index is 0.0180. The SMILES string of the molecule is Cc1ccc(S(=O)(=O)NCC2CCCN(CCC(=O)Nc3ccccc3-c3ccccc3)C2)cc1. The van der Waals surface area contributed by atoms with E-state index in [2.05, 4.69) is 14.9 Å². The van der Waals surface area contributed by atoms with Crippen LogP contribution in [0, 0.1) is 12.8 Å². The van der Waals surface area contributed by atoms with Crippen LogP contribution >= 0.6 is 0 Å². The first-order valence-corrected chi connectivity index (χ1v) is 13.6. The molecule has 0 bridgehead atoms. The highest BCUT2D eigenvalue weighted by atomic mass is 32.2. The average molecular weight is 492 g/mol. The lowest BCUT2D eigenvalue weighted by Gasteiger charge is -2.32. The Morgan fingerprint density at radius 3 is 2.46 bits per heavy atom. The molecule has 1 heterocycles. The summed E-state index contributed by atoms with van der Waals surface area (Å²) in [6.07, 6.45) is 2.36. The number of anilines is 1. The Bertz CT molecular complexity index is 1230. The van der Waals surface area contributed by atoms with Crippen LogP contribution in [0.3, 0.4) is 0 Å². The first-order chi connectivity index (χ1) is 16.9. The summed E-state index contributed by atoms with van der Waals surface area (Å²) in [4.78, 5) is 15.3. The van der Waals surface area contributed by atoms with Crippen molar-refractivity contribution in [2.45, 2.75) is 31.1 Å². The van der Waals surface area contributed by atoms with E-state index in [1.807, 2.05) is 61.5 Å². The molecule has 2 N–H and O–H groups in total. The van der Waals surface area contributed by atoms with E-state index in [0.717, 1.165) is 48.3 Å². The Balaban J connectivity index is 1.27. The molecule has 1 unspecified atom stereocenters. The predicted octanol–water partition coefficient (Wildman–Crippen LogP) is 4.68. The molecule has 0 spiro atoms. The molecule has 3 aromatic rings. The fourth-order valence-corrected chi connectivity index (χ4v) is 5.60. The van der Waals surface area contributed by atoms with Gasteiger partial charge in [0.05, 0.1) is 4.90 Å². The van der Waals surface area contributed by atoms with Crippen LogP contribution in [0.25, 0.3) is 11.1 Å². The molecule has 3 aromatic carbocycles. The zero-order chi connectivity index (χ0) is 24.7. The topological polar surface area (TPSA) is 78.5 Å². The van der Waals surface area contributed by atoms with Crippen molar-refractivity contribution >= 4 is 21.6 Å². The zero-order valence-electron chi connectivity index (χ0n) is 20.1. The summed E-state index contributed by atoms with van der Waals surface area (Å²) in [5, 5.41) is 3.07. The lowest BCUT2D eigenvalue weighted by Crippen LogP contribution is -2.41. The molecule has 184 valence electrons. The number of amides is 1. The van der Waals surface area contributed by atoms with Crippen molar-refractivity contribution in [2.24, 2.45) is 5.92 Å². The fourth-order valence-electron chi connectivity index (χ4n) is 4.48. The Hall–Kier alpha value is -3.00. The Morgan fingerprint density at radius 2 is 1.69 bits per heavy atom. The standard InChI is InChI=1S/C28H33N3O3S/c1-22-13-15-25(16-14-22)35(33,34)29-20-23-8-7-18-31(21-23)19-17-28(32)30-27-12-6-5-11-26(27)24-9-3-2-4-10-24/h2-6,9-16,23,29H,7-8,17-21H2,1H3,(H,30,32). The first-order valence-electron chi connectivity index (χ1n) is 12.1. The van der Waals surface area contributed by atoms with Gasteiger partial charge in [-0.05, 0) is 56.0 Å². The highest BCUT2D eigenvalue weighted by Gasteiger charge is 2.23. The van der Waals surface area contributed by atoms with E-state index in [0.29, 0.717) is 24.4 Å². The molecule has 1 amide bonds. The second-order valence-corrected chi connectivity index (χ2v) is 11.0. The zero-order valence-corrected chi connectivity index (χ0v) is 20.9. The number of hydrogen-bond donors (Lipinski definition) is 2. The third-order valence-corrected chi connectivity index (χ3v) is 7.88. The highest BCUT2D eigenvalue weighted by molar-refractivity contribution is 7.89. The van der Waals surface area contributed by atoms with E-state index >= 15 is 0 Å². The monoisotopic (exact) mass is 491 g/mol. The maximum Gasteiger partial charge on any atom is 0.240 e. The van der Waals surface area contributed by atoms with Gasteiger partial charge in [0.15, 0.2) is 0 Å². The molecule has 0 aromatic heterocycles. The largest absolute Gasteiger partial charge is 0.325 e. The van der Waals surface area contributed by atoms with Crippen LogP contribution in [0.15, 0.2) is 83.8 Å². The summed E-state index contributed by atoms with van der Waals surface area (Å²) in [7, 11) is -3.51. The number of carbonyl (C=O) groups is 1. The molecule has 35 heavy (non-hydrogen) atoms. The first kappa shape index (κ1) is 25.1. The minimum atomic E-state index is -3.51. The van der Waals surface area contributed by atoms with E-state index < -0.39 is 10.0 Å². The van der Waals surface area contributed by atoms with E-state index in [1.54, 1.807) is 24.3 Å². The molecule has 1 aliphatic heterocycles. The second-order valence-electron chi connectivity index (χ2n) is 9.18. The van der Waals surface area contributed by atoms with Crippen LogP contribution in [0.4, 0.5) is 5.69 Å². The number of likely N-dealkylation sites (tertiary alicyclic amines) is 1. The maximum absolute atomic E-state index is 12.7. The predicted molar refractivity (Wildman–Crippen MR) is 141 cm³/mol. The van der Waals surface area contributed by atoms with E-state index in [4.69, 9.17) is 0 Å². The van der Waals surface area contributed by atoms with Crippen molar-refractivity contribution in [3.63, 3.8) is 0 Å². The van der Waals surface area contributed by atoms with Crippen molar-refractivity contribution in [3.8, 4) is 11.1 Å². The molecule has 0 saturated carbocycles. The van der Waals surface area contributed by atoms with E-state index in [9.17, 15) is 13.2 Å². The maximum atomic E-state index is 12.7. The van der Waals surface area contributed by atoms with Gasteiger partial charge in [-0.3, -0.25) is 4.79 Å². The van der Waals surface area contributed by atoms with Crippen LogP contribution < -0.4 is 10.0 Å². The normalized spacial score (nSPS) is 16.7. The smallest absolute Gasteiger partial charge is 0.240 e. The number of benzene rings is 3. The number of para-hydroxylation sites is 1. The van der Waals surface area contributed by atoms with E-state index in [-0.39, 0.29) is 11.8 Å². The molecular formula is C28H33N3O3S. The fraction of sp³-hybridized carbons (Fsp3) is 0.321. The van der Waals surface area contributed by atoms with Gasteiger partial charge < -0.3 is 10.2 Å². The molecule has 1 fully saturated rings. The summed E-state index contributed by atoms with van der Waals surface area (Å²) in [5.41, 5.74) is 3.90. The van der Waals surface area contributed by atoms with Crippen LogP contribution in [0.1, 0.15) is 24.8 Å². The second kappa shape index (κ2) is 11.6. The van der Waals surface area contributed by atoms with Gasteiger partial charge in [0.1, 0.15) is 0 Å². The van der Waals surface area contributed by atoms with Crippen molar-refractivity contribution < 1.29 is 13.2 Å². The van der Waals surface area contributed by atoms with Gasteiger partial charge in [0.2, 0.25) is 15.9 Å². The van der Waals surface area contributed by atoms with Crippen LogP contribution in [-0.4, -0.2) is 45.4 Å². The molecule has 1 saturated heterocycles. The molecule has 1 aliphatic rings. The number of piperidine rings is 1. The van der Waals surface area contributed by atoms with Gasteiger partial charge in [0.25, 0.3) is 0 Å². The van der Waals surface area contributed by atoms with Gasteiger partial charge in [-0.25, -0.2) is 13.1 Å². The molecule has 1 atom stereocenters. The van der Waals surface area contributed by atoms with Gasteiger partial charge in [-0.1, -0.05) is 66.2 Å². The summed E-state index contributed by atoms with van der Waals surface area (Å²) < 4.78 is 28.0. The van der Waals surface area contributed by atoms with Gasteiger partial charge in [0, 0.05) is 37.3 Å². The average Bonchev–Trinajstić information content (AvgIpc) is 2.88. The quantitative estimate of drug-likeness (QED) is 0.456. The number of nitrogens with zero attached hydrogens (tertiary/aromatic N) is 1. The molecule has 6 nitrogen and oxygen atoms in total. The Kier molecular flexibility index (Phi) is 8.33. The van der Waals surface area contributed by atoms with Crippen molar-refractivity contribution in [3.05, 3.63) is 84.4 Å². The number of sulfonamides is 1.